The summed E-state index contributed by atoms with van der Waals surface area (Å²) in [5.41, 5.74) is 3.30. The number of piperidine rings is 1. The number of nitrogens with zero attached hydrogens (tertiary/aromatic N) is 2. The van der Waals surface area contributed by atoms with Crippen LogP contribution in [0.3, 0.4) is 0 Å². The van der Waals surface area contributed by atoms with Crippen molar-refractivity contribution in [2.45, 2.75) is 31.8 Å². The molecule has 0 aromatic heterocycles. The molecule has 3 aliphatic rings. The minimum Gasteiger partial charge on any atom is -0.454 e. The zero-order chi connectivity index (χ0) is 20.0. The van der Waals surface area contributed by atoms with E-state index in [2.05, 4.69) is 10.2 Å². The number of carbonyl (C=O) groups excluding carboxylic acids is 2. The third-order valence-corrected chi connectivity index (χ3v) is 5.92. The molecule has 0 unspecified atom stereocenters. The highest BCUT2D eigenvalue weighted by Crippen LogP contribution is 2.39. The summed E-state index contributed by atoms with van der Waals surface area (Å²) in [5.74, 6) is 1.35. The average Bonchev–Trinajstić information content (AvgIpc) is 3.23. The summed E-state index contributed by atoms with van der Waals surface area (Å²) in [6, 6.07) is 11.2. The van der Waals surface area contributed by atoms with Gasteiger partial charge in [-0.05, 0) is 55.2 Å². The lowest BCUT2D eigenvalue weighted by Gasteiger charge is -2.44. The van der Waals surface area contributed by atoms with Crippen LogP contribution in [0.25, 0.3) is 0 Å². The van der Waals surface area contributed by atoms with Crippen molar-refractivity contribution >= 4 is 23.2 Å². The van der Waals surface area contributed by atoms with Gasteiger partial charge in [-0.2, -0.15) is 0 Å². The SMILES string of the molecule is CN1C(=O)[C@H]2CCCCN2c2ccc(C(=O)NCc3ccc4c(c3)OCO4)cc21. The third kappa shape index (κ3) is 3.06. The summed E-state index contributed by atoms with van der Waals surface area (Å²) >= 11 is 0. The number of ether oxygens (including phenoxy) is 2. The van der Waals surface area contributed by atoms with E-state index in [4.69, 9.17) is 9.47 Å². The van der Waals surface area contributed by atoms with Crippen molar-refractivity contribution in [3.63, 3.8) is 0 Å². The van der Waals surface area contributed by atoms with Gasteiger partial charge in [-0.25, -0.2) is 0 Å². The van der Waals surface area contributed by atoms with Gasteiger partial charge in [0.1, 0.15) is 6.04 Å². The van der Waals surface area contributed by atoms with Crippen LogP contribution in [-0.2, 0) is 11.3 Å². The Morgan fingerprint density at radius 3 is 2.86 bits per heavy atom. The van der Waals surface area contributed by atoms with Gasteiger partial charge in [-0.3, -0.25) is 9.59 Å². The molecule has 1 N–H and O–H groups in total. The molecule has 7 heteroatoms. The topological polar surface area (TPSA) is 71.1 Å². The highest BCUT2D eigenvalue weighted by Gasteiger charge is 2.38. The number of rotatable bonds is 3. The van der Waals surface area contributed by atoms with Crippen molar-refractivity contribution < 1.29 is 19.1 Å². The molecule has 2 aromatic carbocycles. The Hall–Kier alpha value is -3.22. The molecule has 0 bridgehead atoms. The molecular weight excluding hydrogens is 370 g/mol. The van der Waals surface area contributed by atoms with Gasteiger partial charge in [0.05, 0.1) is 11.4 Å². The summed E-state index contributed by atoms with van der Waals surface area (Å²) < 4.78 is 10.7. The van der Waals surface area contributed by atoms with E-state index in [1.807, 2.05) is 36.4 Å². The fraction of sp³-hybridized carbons (Fsp3) is 0.364. The lowest BCUT2D eigenvalue weighted by Crippen LogP contribution is -2.54. The van der Waals surface area contributed by atoms with E-state index >= 15 is 0 Å². The van der Waals surface area contributed by atoms with Crippen molar-refractivity contribution in [2.75, 3.05) is 30.2 Å². The van der Waals surface area contributed by atoms with E-state index in [1.54, 1.807) is 11.9 Å². The second kappa shape index (κ2) is 6.99. The molecule has 7 nitrogen and oxygen atoms in total. The van der Waals surface area contributed by atoms with Crippen LogP contribution in [0.1, 0.15) is 35.2 Å². The monoisotopic (exact) mass is 393 g/mol. The summed E-state index contributed by atoms with van der Waals surface area (Å²) in [6.45, 7) is 1.49. The van der Waals surface area contributed by atoms with E-state index in [0.717, 1.165) is 48.5 Å². The second-order valence-corrected chi connectivity index (χ2v) is 7.68. The van der Waals surface area contributed by atoms with E-state index < -0.39 is 0 Å². The van der Waals surface area contributed by atoms with E-state index in [9.17, 15) is 9.59 Å². The maximum absolute atomic E-state index is 12.8. The smallest absolute Gasteiger partial charge is 0.251 e. The van der Waals surface area contributed by atoms with E-state index in [-0.39, 0.29) is 24.6 Å². The Kier molecular flexibility index (Phi) is 4.30. The molecule has 3 aliphatic heterocycles. The van der Waals surface area contributed by atoms with Crippen molar-refractivity contribution in [2.24, 2.45) is 0 Å². The number of hydrogen-bond acceptors (Lipinski definition) is 5. The van der Waals surface area contributed by atoms with Crippen molar-refractivity contribution in [3.05, 3.63) is 47.5 Å². The predicted octanol–water partition coefficient (Wildman–Crippen LogP) is 2.68. The van der Waals surface area contributed by atoms with E-state index in [0.29, 0.717) is 17.9 Å². The quantitative estimate of drug-likeness (QED) is 0.868. The molecule has 2 aromatic rings. The lowest BCUT2D eigenvalue weighted by molar-refractivity contribution is -0.120. The van der Waals surface area contributed by atoms with Gasteiger partial charge in [0.25, 0.3) is 5.91 Å². The maximum Gasteiger partial charge on any atom is 0.251 e. The van der Waals surface area contributed by atoms with Gasteiger partial charge in [0.15, 0.2) is 11.5 Å². The first-order chi connectivity index (χ1) is 14.1. The molecule has 1 fully saturated rings. The zero-order valence-electron chi connectivity index (χ0n) is 16.3. The fourth-order valence-electron chi connectivity index (χ4n) is 4.33. The molecule has 29 heavy (non-hydrogen) atoms. The van der Waals surface area contributed by atoms with Gasteiger partial charge in [0.2, 0.25) is 12.7 Å². The van der Waals surface area contributed by atoms with Gasteiger partial charge < -0.3 is 24.6 Å². The zero-order valence-corrected chi connectivity index (χ0v) is 16.3. The van der Waals surface area contributed by atoms with Crippen molar-refractivity contribution in [1.29, 1.82) is 0 Å². The number of anilines is 2. The van der Waals surface area contributed by atoms with Gasteiger partial charge in [-0.1, -0.05) is 6.07 Å². The number of fused-ring (bicyclic) bond motifs is 4. The van der Waals surface area contributed by atoms with Crippen molar-refractivity contribution in [1.82, 2.24) is 5.32 Å². The van der Waals surface area contributed by atoms with Crippen LogP contribution in [0.2, 0.25) is 0 Å². The Balaban J connectivity index is 1.34. The Bertz CT molecular complexity index is 990. The number of carbonyl (C=O) groups is 2. The Labute approximate surface area is 169 Å². The van der Waals surface area contributed by atoms with Gasteiger partial charge in [-0.15, -0.1) is 0 Å². The van der Waals surface area contributed by atoms with Gasteiger partial charge in [0, 0.05) is 25.7 Å². The van der Waals surface area contributed by atoms with Crippen LogP contribution < -0.4 is 24.6 Å². The number of benzene rings is 2. The minimum atomic E-state index is -0.174. The van der Waals surface area contributed by atoms with Gasteiger partial charge >= 0.3 is 0 Å². The van der Waals surface area contributed by atoms with Crippen LogP contribution in [0.15, 0.2) is 36.4 Å². The van der Waals surface area contributed by atoms with Crippen LogP contribution in [0.5, 0.6) is 11.5 Å². The number of amides is 2. The highest BCUT2D eigenvalue weighted by molar-refractivity contribution is 6.07. The summed E-state index contributed by atoms with van der Waals surface area (Å²) in [7, 11) is 1.79. The Morgan fingerprint density at radius 2 is 1.97 bits per heavy atom. The number of nitrogens with one attached hydrogen (secondary N) is 1. The predicted molar refractivity (Wildman–Crippen MR) is 109 cm³/mol. The standard InChI is InChI=1S/C22H23N3O4/c1-24-18-11-15(6-7-16(18)25-9-3-2-4-17(25)22(24)27)21(26)23-12-14-5-8-19-20(10-14)29-13-28-19/h5-8,10-11,17H,2-4,9,12-13H2,1H3,(H,23,26)/t17-/m1/s1. The van der Waals surface area contributed by atoms with Crippen LogP contribution in [-0.4, -0.2) is 38.2 Å². The molecule has 150 valence electrons. The van der Waals surface area contributed by atoms with Crippen LogP contribution >= 0.6 is 0 Å². The summed E-state index contributed by atoms with van der Waals surface area (Å²) in [5, 5.41) is 2.94. The summed E-state index contributed by atoms with van der Waals surface area (Å²) in [4.78, 5) is 29.4. The molecule has 0 spiro atoms. The molecule has 1 atom stereocenters. The minimum absolute atomic E-state index is 0.0769. The number of hydrogen-bond donors (Lipinski definition) is 1. The molecular formula is C22H23N3O4. The van der Waals surface area contributed by atoms with Crippen molar-refractivity contribution in [3.8, 4) is 11.5 Å². The van der Waals surface area contributed by atoms with E-state index in [1.165, 1.54) is 0 Å². The molecule has 1 saturated heterocycles. The van der Waals surface area contributed by atoms with Crippen LogP contribution in [0.4, 0.5) is 11.4 Å². The molecule has 0 aliphatic carbocycles. The average molecular weight is 393 g/mol. The maximum atomic E-state index is 12.8. The lowest BCUT2D eigenvalue weighted by atomic mass is 9.96. The highest BCUT2D eigenvalue weighted by atomic mass is 16.7. The first-order valence-electron chi connectivity index (χ1n) is 9.97. The number of likely N-dealkylation sites (N-methyl/N-ethyl adjacent to an activating group) is 1. The molecule has 0 radical (unpaired) electrons. The molecule has 3 heterocycles. The van der Waals surface area contributed by atoms with Crippen LogP contribution in [0, 0.1) is 0 Å². The Morgan fingerprint density at radius 1 is 1.10 bits per heavy atom. The molecule has 0 saturated carbocycles. The molecule has 2 amide bonds. The second-order valence-electron chi connectivity index (χ2n) is 7.68. The third-order valence-electron chi connectivity index (χ3n) is 5.92. The summed E-state index contributed by atoms with van der Waals surface area (Å²) in [6.07, 6.45) is 3.06. The largest absolute Gasteiger partial charge is 0.454 e. The first-order valence-corrected chi connectivity index (χ1v) is 9.97. The molecule has 5 rings (SSSR count). The fourth-order valence-corrected chi connectivity index (χ4v) is 4.33. The first kappa shape index (κ1) is 17.8. The normalized spacial score (nSPS) is 19.6.